The highest BCUT2D eigenvalue weighted by Crippen LogP contribution is 2.33. The summed E-state index contributed by atoms with van der Waals surface area (Å²) < 4.78 is 27.3. The summed E-state index contributed by atoms with van der Waals surface area (Å²) in [5.74, 6) is 0. The largest absolute Gasteiger partial charge is 0.368 e. The number of rotatable bonds is 4. The number of nitro groups is 1. The number of benzene rings is 2. The molecule has 10 heteroatoms. The van der Waals surface area contributed by atoms with Crippen molar-refractivity contribution in [3.63, 3.8) is 0 Å². The standard InChI is InChI=1S/C21H19N5O4S/c1-15-13-20(18-3-2-4-19(26(27)28)21(18)23-15)24-9-11-25(12-10-24)31(29,30)17-7-5-16(14-22)6-8-17/h2-8,13H,9-12H2,1H3. The fraction of sp³-hybridized carbons (Fsp3) is 0.238. The first-order chi connectivity index (χ1) is 14.8. The maximum Gasteiger partial charge on any atom is 0.295 e. The van der Waals surface area contributed by atoms with Gasteiger partial charge in [-0.15, -0.1) is 0 Å². The predicted molar refractivity (Wildman–Crippen MR) is 115 cm³/mol. The second-order valence-corrected chi connectivity index (χ2v) is 9.18. The van der Waals surface area contributed by atoms with Crippen molar-refractivity contribution in [2.24, 2.45) is 0 Å². The molecule has 0 spiro atoms. The van der Waals surface area contributed by atoms with Gasteiger partial charge in [0.25, 0.3) is 5.69 Å². The van der Waals surface area contributed by atoms with Crippen LogP contribution in [-0.4, -0.2) is 48.8 Å². The summed E-state index contributed by atoms with van der Waals surface area (Å²) in [5, 5.41) is 21.0. The van der Waals surface area contributed by atoms with Gasteiger partial charge >= 0.3 is 0 Å². The molecule has 1 aromatic heterocycles. The smallest absolute Gasteiger partial charge is 0.295 e. The molecule has 2 heterocycles. The summed E-state index contributed by atoms with van der Waals surface area (Å²) >= 11 is 0. The molecule has 9 nitrogen and oxygen atoms in total. The second kappa shape index (κ2) is 7.94. The molecule has 3 aromatic rings. The molecular weight excluding hydrogens is 418 g/mol. The normalized spacial score (nSPS) is 15.0. The molecule has 0 amide bonds. The van der Waals surface area contributed by atoms with E-state index in [0.717, 1.165) is 5.69 Å². The first-order valence-electron chi connectivity index (χ1n) is 9.61. The third kappa shape index (κ3) is 3.81. The molecule has 4 rings (SSSR count). The fourth-order valence-electron chi connectivity index (χ4n) is 3.77. The lowest BCUT2D eigenvalue weighted by atomic mass is 10.1. The molecule has 158 valence electrons. The van der Waals surface area contributed by atoms with Gasteiger partial charge in [-0.05, 0) is 37.3 Å². The van der Waals surface area contributed by atoms with Crippen molar-refractivity contribution in [3.8, 4) is 6.07 Å². The molecule has 0 bridgehead atoms. The van der Waals surface area contributed by atoms with Crippen LogP contribution in [0.15, 0.2) is 53.4 Å². The minimum Gasteiger partial charge on any atom is -0.368 e. The van der Waals surface area contributed by atoms with Crippen molar-refractivity contribution in [1.29, 1.82) is 5.26 Å². The zero-order chi connectivity index (χ0) is 22.2. The molecule has 0 radical (unpaired) electrons. The van der Waals surface area contributed by atoms with Crippen LogP contribution < -0.4 is 4.90 Å². The average molecular weight is 437 g/mol. The van der Waals surface area contributed by atoms with E-state index in [4.69, 9.17) is 5.26 Å². The number of aryl methyl sites for hydroxylation is 1. The van der Waals surface area contributed by atoms with Gasteiger partial charge in [0.15, 0.2) is 5.52 Å². The van der Waals surface area contributed by atoms with Gasteiger partial charge in [0, 0.05) is 49.0 Å². The summed E-state index contributed by atoms with van der Waals surface area (Å²) in [6, 6.07) is 14.6. The molecule has 31 heavy (non-hydrogen) atoms. The zero-order valence-electron chi connectivity index (χ0n) is 16.7. The molecule has 1 saturated heterocycles. The summed E-state index contributed by atoms with van der Waals surface area (Å²) in [4.78, 5) is 17.5. The number of para-hydroxylation sites is 1. The van der Waals surface area contributed by atoms with E-state index in [1.165, 1.54) is 34.6 Å². The van der Waals surface area contributed by atoms with Crippen LogP contribution in [0.25, 0.3) is 10.9 Å². The van der Waals surface area contributed by atoms with Crippen LogP contribution in [0.3, 0.4) is 0 Å². The Morgan fingerprint density at radius 1 is 1.10 bits per heavy atom. The van der Waals surface area contributed by atoms with Crippen LogP contribution >= 0.6 is 0 Å². The second-order valence-electron chi connectivity index (χ2n) is 7.24. The van der Waals surface area contributed by atoms with Crippen LogP contribution in [0, 0.1) is 28.4 Å². The molecule has 0 aliphatic carbocycles. The summed E-state index contributed by atoms with van der Waals surface area (Å²) in [5.41, 5.74) is 2.14. The lowest BCUT2D eigenvalue weighted by Crippen LogP contribution is -2.48. The Morgan fingerprint density at radius 2 is 1.77 bits per heavy atom. The first-order valence-corrected chi connectivity index (χ1v) is 11.1. The minimum atomic E-state index is -3.67. The van der Waals surface area contributed by atoms with Crippen molar-refractivity contribution in [1.82, 2.24) is 9.29 Å². The first kappa shape index (κ1) is 20.7. The maximum atomic E-state index is 13.0. The van der Waals surface area contributed by atoms with Crippen LogP contribution in [0.2, 0.25) is 0 Å². The number of nitrogens with zero attached hydrogens (tertiary/aromatic N) is 5. The molecule has 0 unspecified atom stereocenters. The van der Waals surface area contributed by atoms with Crippen LogP contribution in [0.1, 0.15) is 11.3 Å². The quantitative estimate of drug-likeness (QED) is 0.454. The van der Waals surface area contributed by atoms with Crippen LogP contribution in [-0.2, 0) is 10.0 Å². The number of fused-ring (bicyclic) bond motifs is 1. The molecule has 1 aliphatic heterocycles. The maximum absolute atomic E-state index is 13.0. The highest BCUT2D eigenvalue weighted by molar-refractivity contribution is 7.89. The topological polar surface area (TPSA) is 120 Å². The van der Waals surface area contributed by atoms with Crippen LogP contribution in [0.4, 0.5) is 11.4 Å². The Bertz CT molecular complexity index is 1310. The van der Waals surface area contributed by atoms with E-state index in [9.17, 15) is 18.5 Å². The molecule has 0 atom stereocenters. The number of sulfonamides is 1. The van der Waals surface area contributed by atoms with Crippen molar-refractivity contribution in [3.05, 3.63) is 69.9 Å². The molecule has 0 saturated carbocycles. The number of aromatic nitrogens is 1. The van der Waals surface area contributed by atoms with Gasteiger partial charge in [-0.3, -0.25) is 10.1 Å². The predicted octanol–water partition coefficient (Wildman–Crippen LogP) is 2.83. The molecule has 1 aliphatic rings. The lowest BCUT2D eigenvalue weighted by Gasteiger charge is -2.36. The van der Waals surface area contributed by atoms with Crippen molar-refractivity contribution >= 4 is 32.3 Å². The number of anilines is 1. The van der Waals surface area contributed by atoms with Crippen molar-refractivity contribution in [2.45, 2.75) is 11.8 Å². The third-order valence-corrected chi connectivity index (χ3v) is 7.23. The van der Waals surface area contributed by atoms with E-state index in [2.05, 4.69) is 4.98 Å². The van der Waals surface area contributed by atoms with Crippen molar-refractivity contribution < 1.29 is 13.3 Å². The highest BCUT2D eigenvalue weighted by atomic mass is 32.2. The van der Waals surface area contributed by atoms with Crippen LogP contribution in [0.5, 0.6) is 0 Å². The van der Waals surface area contributed by atoms with E-state index in [0.29, 0.717) is 35.2 Å². The van der Waals surface area contributed by atoms with E-state index in [1.807, 2.05) is 17.0 Å². The average Bonchev–Trinajstić information content (AvgIpc) is 2.78. The molecular formula is C21H19N5O4S. The monoisotopic (exact) mass is 437 g/mol. The van der Waals surface area contributed by atoms with E-state index >= 15 is 0 Å². The number of nitro benzene ring substituents is 1. The third-order valence-electron chi connectivity index (χ3n) is 5.32. The van der Waals surface area contributed by atoms with Gasteiger partial charge in [0.1, 0.15) is 0 Å². The Morgan fingerprint density at radius 3 is 2.39 bits per heavy atom. The van der Waals surface area contributed by atoms with Gasteiger partial charge in [-0.2, -0.15) is 9.57 Å². The zero-order valence-corrected chi connectivity index (χ0v) is 17.5. The Kier molecular flexibility index (Phi) is 5.31. The van der Waals surface area contributed by atoms with Gasteiger partial charge in [0.2, 0.25) is 10.0 Å². The molecule has 2 aromatic carbocycles. The fourth-order valence-corrected chi connectivity index (χ4v) is 5.19. The summed E-state index contributed by atoms with van der Waals surface area (Å²) in [6.45, 7) is 3.22. The van der Waals surface area contributed by atoms with Gasteiger partial charge in [0.05, 0.1) is 21.5 Å². The number of nitriles is 1. The number of non-ortho nitro benzene ring substituents is 1. The molecule has 0 N–H and O–H groups in total. The van der Waals surface area contributed by atoms with Gasteiger partial charge in [-0.25, -0.2) is 13.4 Å². The van der Waals surface area contributed by atoms with E-state index in [-0.39, 0.29) is 23.7 Å². The van der Waals surface area contributed by atoms with E-state index < -0.39 is 14.9 Å². The number of hydrogen-bond acceptors (Lipinski definition) is 7. The van der Waals surface area contributed by atoms with Crippen molar-refractivity contribution in [2.75, 3.05) is 31.1 Å². The Hall–Kier alpha value is -3.55. The Labute approximate surface area is 179 Å². The highest BCUT2D eigenvalue weighted by Gasteiger charge is 2.29. The number of pyridine rings is 1. The van der Waals surface area contributed by atoms with E-state index in [1.54, 1.807) is 19.1 Å². The summed E-state index contributed by atoms with van der Waals surface area (Å²) in [6.07, 6.45) is 0. The SMILES string of the molecule is Cc1cc(N2CCN(S(=O)(=O)c3ccc(C#N)cc3)CC2)c2cccc([N+](=O)[O-])c2n1. The number of hydrogen-bond donors (Lipinski definition) is 0. The minimum absolute atomic E-state index is 0.0514. The molecule has 1 fully saturated rings. The Balaban J connectivity index is 1.60. The van der Waals surface area contributed by atoms with Gasteiger partial charge < -0.3 is 4.90 Å². The number of piperazine rings is 1. The lowest BCUT2D eigenvalue weighted by molar-refractivity contribution is -0.383. The summed E-state index contributed by atoms with van der Waals surface area (Å²) in [7, 11) is -3.67. The van der Waals surface area contributed by atoms with Gasteiger partial charge in [-0.1, -0.05) is 12.1 Å².